The van der Waals surface area contributed by atoms with E-state index < -0.39 is 0 Å². The van der Waals surface area contributed by atoms with Crippen molar-refractivity contribution in [2.24, 2.45) is 5.92 Å². The molecule has 2 N–H and O–H groups in total. The van der Waals surface area contributed by atoms with Gasteiger partial charge in [0.15, 0.2) is 0 Å². The van der Waals surface area contributed by atoms with Gasteiger partial charge in [-0.05, 0) is 51.7 Å². The molecule has 118 valence electrons. The van der Waals surface area contributed by atoms with E-state index in [2.05, 4.69) is 22.5 Å². The molecule has 5 heteroatoms. The zero-order chi connectivity index (χ0) is 14.8. The van der Waals surface area contributed by atoms with Crippen LogP contribution in [0.2, 0.25) is 0 Å². The van der Waals surface area contributed by atoms with E-state index in [0.717, 1.165) is 32.6 Å². The van der Waals surface area contributed by atoms with Crippen molar-refractivity contribution in [1.82, 2.24) is 15.5 Å². The Morgan fingerprint density at radius 1 is 1.55 bits per heavy atom. The number of amides is 1. The van der Waals surface area contributed by atoms with Gasteiger partial charge in [0, 0.05) is 20.2 Å². The minimum Gasteiger partial charge on any atom is -0.383 e. The molecule has 2 atom stereocenters. The fourth-order valence-corrected chi connectivity index (χ4v) is 2.73. The summed E-state index contributed by atoms with van der Waals surface area (Å²) in [6.45, 7) is 9.55. The first kappa shape index (κ1) is 17.4. The van der Waals surface area contributed by atoms with Crippen molar-refractivity contribution in [3.05, 3.63) is 0 Å². The highest BCUT2D eigenvalue weighted by Crippen LogP contribution is 2.14. The molecular weight excluding hydrogens is 254 g/mol. The van der Waals surface area contributed by atoms with E-state index in [9.17, 15) is 4.79 Å². The first-order valence-corrected chi connectivity index (χ1v) is 7.90. The Morgan fingerprint density at radius 2 is 2.35 bits per heavy atom. The molecule has 2 unspecified atom stereocenters. The van der Waals surface area contributed by atoms with Gasteiger partial charge in [-0.1, -0.05) is 6.92 Å². The zero-order valence-electron chi connectivity index (χ0n) is 13.3. The van der Waals surface area contributed by atoms with Gasteiger partial charge in [-0.25, -0.2) is 0 Å². The number of rotatable bonds is 9. The number of ether oxygens (including phenoxy) is 1. The molecule has 0 aromatic rings. The first-order valence-electron chi connectivity index (χ1n) is 7.90. The molecule has 0 aliphatic carbocycles. The Balaban J connectivity index is 2.43. The number of hydrogen-bond donors (Lipinski definition) is 2. The summed E-state index contributed by atoms with van der Waals surface area (Å²) < 4.78 is 4.96. The third-order valence-corrected chi connectivity index (χ3v) is 3.94. The molecule has 5 nitrogen and oxygen atoms in total. The fraction of sp³-hybridized carbons (Fsp3) is 0.933. The highest BCUT2D eigenvalue weighted by Gasteiger charge is 2.24. The Hall–Kier alpha value is -0.650. The molecule has 1 aliphatic rings. The summed E-state index contributed by atoms with van der Waals surface area (Å²) in [6, 6.07) is -0.0614. The number of nitrogens with zero attached hydrogens (tertiary/aromatic N) is 1. The smallest absolute Gasteiger partial charge is 0.237 e. The largest absolute Gasteiger partial charge is 0.383 e. The molecule has 1 aliphatic heterocycles. The molecule has 0 bridgehead atoms. The van der Waals surface area contributed by atoms with E-state index in [1.54, 1.807) is 7.11 Å². The molecule has 0 saturated carbocycles. The van der Waals surface area contributed by atoms with Gasteiger partial charge in [-0.2, -0.15) is 0 Å². The van der Waals surface area contributed by atoms with Crippen molar-refractivity contribution in [3.8, 4) is 0 Å². The van der Waals surface area contributed by atoms with Gasteiger partial charge in [0.05, 0.1) is 12.6 Å². The maximum atomic E-state index is 12.2. The van der Waals surface area contributed by atoms with Crippen LogP contribution in [0.4, 0.5) is 0 Å². The SMILES string of the molecule is CCCN(CC1CCCNC1)C(C)C(=O)NCCOC. The summed E-state index contributed by atoms with van der Waals surface area (Å²) in [5.74, 6) is 0.781. The predicted octanol–water partition coefficient (Wildman–Crippen LogP) is 0.849. The zero-order valence-corrected chi connectivity index (χ0v) is 13.3. The van der Waals surface area contributed by atoms with Crippen LogP contribution in [0.5, 0.6) is 0 Å². The molecule has 0 radical (unpaired) electrons. The maximum absolute atomic E-state index is 12.2. The lowest BCUT2D eigenvalue weighted by Crippen LogP contribution is -2.49. The van der Waals surface area contributed by atoms with E-state index in [1.807, 2.05) is 6.92 Å². The maximum Gasteiger partial charge on any atom is 0.237 e. The standard InChI is InChI=1S/C15H31N3O2/c1-4-9-18(12-14-6-5-7-16-11-14)13(2)15(19)17-8-10-20-3/h13-14,16H,4-12H2,1-3H3,(H,17,19). The Bertz CT molecular complexity index is 268. The van der Waals surface area contributed by atoms with Crippen LogP contribution in [0.1, 0.15) is 33.1 Å². The Labute approximate surface area is 123 Å². The average molecular weight is 285 g/mol. The number of piperidine rings is 1. The second kappa shape index (κ2) is 10.1. The minimum atomic E-state index is -0.0614. The van der Waals surface area contributed by atoms with Crippen LogP contribution in [0, 0.1) is 5.92 Å². The summed E-state index contributed by atoms with van der Waals surface area (Å²) in [5, 5.41) is 6.39. The van der Waals surface area contributed by atoms with E-state index in [4.69, 9.17) is 4.74 Å². The predicted molar refractivity (Wildman–Crippen MR) is 81.8 cm³/mol. The molecule has 1 amide bonds. The lowest BCUT2D eigenvalue weighted by molar-refractivity contribution is -0.126. The molecule has 1 heterocycles. The van der Waals surface area contributed by atoms with Crippen molar-refractivity contribution in [2.45, 2.75) is 39.2 Å². The van der Waals surface area contributed by atoms with Crippen LogP contribution in [-0.4, -0.2) is 63.3 Å². The van der Waals surface area contributed by atoms with Gasteiger partial charge in [0.1, 0.15) is 0 Å². The molecule has 20 heavy (non-hydrogen) atoms. The van der Waals surface area contributed by atoms with Crippen molar-refractivity contribution in [2.75, 3.05) is 46.4 Å². The van der Waals surface area contributed by atoms with Crippen molar-refractivity contribution in [1.29, 1.82) is 0 Å². The first-order chi connectivity index (χ1) is 9.69. The van der Waals surface area contributed by atoms with Crippen LogP contribution in [0.3, 0.4) is 0 Å². The van der Waals surface area contributed by atoms with Gasteiger partial charge in [0.2, 0.25) is 5.91 Å². The Morgan fingerprint density at radius 3 is 2.95 bits per heavy atom. The van der Waals surface area contributed by atoms with Crippen molar-refractivity contribution < 1.29 is 9.53 Å². The van der Waals surface area contributed by atoms with Crippen molar-refractivity contribution in [3.63, 3.8) is 0 Å². The summed E-state index contributed by atoms with van der Waals surface area (Å²) in [7, 11) is 1.65. The third kappa shape index (κ3) is 6.20. The molecule has 1 rings (SSSR count). The van der Waals surface area contributed by atoms with Crippen molar-refractivity contribution >= 4 is 5.91 Å². The van der Waals surface area contributed by atoms with Gasteiger partial charge in [-0.15, -0.1) is 0 Å². The normalized spacial score (nSPS) is 20.9. The third-order valence-electron chi connectivity index (χ3n) is 3.94. The fourth-order valence-electron chi connectivity index (χ4n) is 2.73. The number of nitrogens with one attached hydrogen (secondary N) is 2. The molecule has 0 aromatic carbocycles. The van der Waals surface area contributed by atoms with Gasteiger partial charge >= 0.3 is 0 Å². The van der Waals surface area contributed by atoms with E-state index in [-0.39, 0.29) is 11.9 Å². The topological polar surface area (TPSA) is 53.6 Å². The number of carbonyl (C=O) groups excluding carboxylic acids is 1. The number of carbonyl (C=O) groups is 1. The highest BCUT2D eigenvalue weighted by atomic mass is 16.5. The molecular formula is C15H31N3O2. The van der Waals surface area contributed by atoms with E-state index in [0.29, 0.717) is 19.1 Å². The molecule has 0 spiro atoms. The second-order valence-corrected chi connectivity index (χ2v) is 5.67. The van der Waals surface area contributed by atoms with E-state index in [1.165, 1.54) is 12.8 Å². The van der Waals surface area contributed by atoms with Crippen LogP contribution in [0.15, 0.2) is 0 Å². The summed E-state index contributed by atoms with van der Waals surface area (Å²) in [5.41, 5.74) is 0. The monoisotopic (exact) mass is 285 g/mol. The quantitative estimate of drug-likeness (QED) is 0.617. The van der Waals surface area contributed by atoms with E-state index >= 15 is 0 Å². The number of hydrogen-bond acceptors (Lipinski definition) is 4. The lowest BCUT2D eigenvalue weighted by Gasteiger charge is -2.33. The van der Waals surface area contributed by atoms with Gasteiger partial charge < -0.3 is 15.4 Å². The van der Waals surface area contributed by atoms with Crippen LogP contribution >= 0.6 is 0 Å². The summed E-state index contributed by atoms with van der Waals surface area (Å²) >= 11 is 0. The van der Waals surface area contributed by atoms with Gasteiger partial charge in [0.25, 0.3) is 0 Å². The van der Waals surface area contributed by atoms with Gasteiger partial charge in [-0.3, -0.25) is 9.69 Å². The Kier molecular flexibility index (Phi) is 8.82. The molecule has 1 saturated heterocycles. The lowest BCUT2D eigenvalue weighted by atomic mass is 9.98. The van der Waals surface area contributed by atoms with Crippen LogP contribution in [0.25, 0.3) is 0 Å². The summed E-state index contributed by atoms with van der Waals surface area (Å²) in [6.07, 6.45) is 3.60. The number of methoxy groups -OCH3 is 1. The average Bonchev–Trinajstić information content (AvgIpc) is 2.47. The highest BCUT2D eigenvalue weighted by molar-refractivity contribution is 5.81. The summed E-state index contributed by atoms with van der Waals surface area (Å²) in [4.78, 5) is 14.5. The van der Waals surface area contributed by atoms with Crippen LogP contribution in [-0.2, 0) is 9.53 Å². The molecule has 0 aromatic heterocycles. The molecule has 1 fully saturated rings. The minimum absolute atomic E-state index is 0.0614. The second-order valence-electron chi connectivity index (χ2n) is 5.67. The van der Waals surface area contributed by atoms with Crippen LogP contribution < -0.4 is 10.6 Å².